The van der Waals surface area contributed by atoms with Crippen LogP contribution in [0.25, 0.3) is 0 Å². The van der Waals surface area contributed by atoms with Gasteiger partial charge in [0.25, 0.3) is 0 Å². The first-order valence-corrected chi connectivity index (χ1v) is 8.48. The molecule has 1 heterocycles. The molecular formula is C18H24N2O. The third-order valence-electron chi connectivity index (χ3n) is 5.55. The minimum atomic E-state index is 0.00588. The molecule has 1 saturated heterocycles. The van der Waals surface area contributed by atoms with Gasteiger partial charge in [-0.2, -0.15) is 0 Å². The van der Waals surface area contributed by atoms with Crippen molar-refractivity contribution in [2.24, 2.45) is 5.92 Å². The number of aryl methyl sites for hydroxylation is 2. The maximum absolute atomic E-state index is 12.5. The van der Waals surface area contributed by atoms with Crippen LogP contribution in [0.4, 0.5) is 5.69 Å². The first-order valence-electron chi connectivity index (χ1n) is 8.48. The van der Waals surface area contributed by atoms with Crippen molar-refractivity contribution >= 4 is 11.6 Å². The Kier molecular flexibility index (Phi) is 3.46. The van der Waals surface area contributed by atoms with Gasteiger partial charge in [0, 0.05) is 11.7 Å². The molecule has 3 nitrogen and oxygen atoms in total. The molecule has 4 rings (SSSR count). The number of carbonyl (C=O) groups is 1. The molecule has 0 radical (unpaired) electrons. The molecule has 112 valence electrons. The number of rotatable bonds is 2. The Morgan fingerprint density at radius 3 is 2.86 bits per heavy atom. The smallest absolute Gasteiger partial charge is 0.241 e. The third kappa shape index (κ3) is 2.59. The standard InChI is InChI=1S/C18H24N2O/c21-18(17-11-14-4-1-2-7-16(14)20-17)19-15-9-8-12-5-3-6-13(12)10-15/h8-10,14,16-17,20H,1-7,11H2,(H,19,21). The summed E-state index contributed by atoms with van der Waals surface area (Å²) < 4.78 is 0. The van der Waals surface area contributed by atoms with E-state index in [9.17, 15) is 4.79 Å². The zero-order valence-corrected chi connectivity index (χ0v) is 12.5. The van der Waals surface area contributed by atoms with Crippen LogP contribution in [0, 0.1) is 5.92 Å². The second-order valence-electron chi connectivity index (χ2n) is 6.93. The molecule has 1 saturated carbocycles. The second-order valence-corrected chi connectivity index (χ2v) is 6.93. The summed E-state index contributed by atoms with van der Waals surface area (Å²) in [5.74, 6) is 0.872. The summed E-state index contributed by atoms with van der Waals surface area (Å²) in [4.78, 5) is 12.5. The number of anilines is 1. The number of hydrogen-bond donors (Lipinski definition) is 2. The fourth-order valence-corrected chi connectivity index (χ4v) is 4.40. The Hall–Kier alpha value is -1.35. The van der Waals surface area contributed by atoms with E-state index in [1.165, 1.54) is 49.7 Å². The molecule has 1 amide bonds. The maximum Gasteiger partial charge on any atom is 0.241 e. The van der Waals surface area contributed by atoms with E-state index in [0.29, 0.717) is 6.04 Å². The van der Waals surface area contributed by atoms with Gasteiger partial charge in [-0.15, -0.1) is 0 Å². The van der Waals surface area contributed by atoms with Crippen LogP contribution >= 0.6 is 0 Å². The van der Waals surface area contributed by atoms with Gasteiger partial charge in [-0.3, -0.25) is 4.79 Å². The monoisotopic (exact) mass is 284 g/mol. The SMILES string of the molecule is O=C(Nc1ccc2c(c1)CCC2)C1CC2CCCCC2N1. The Labute approximate surface area is 126 Å². The Morgan fingerprint density at radius 1 is 1.10 bits per heavy atom. The first kappa shape index (κ1) is 13.3. The van der Waals surface area contributed by atoms with Gasteiger partial charge in [-0.1, -0.05) is 18.9 Å². The number of carbonyl (C=O) groups excluding carboxylic acids is 1. The number of nitrogens with one attached hydrogen (secondary N) is 2. The van der Waals surface area contributed by atoms with Crippen LogP contribution in [-0.4, -0.2) is 18.0 Å². The highest BCUT2D eigenvalue weighted by molar-refractivity contribution is 5.95. The lowest BCUT2D eigenvalue weighted by atomic mass is 9.85. The summed E-state index contributed by atoms with van der Waals surface area (Å²) in [5.41, 5.74) is 3.84. The van der Waals surface area contributed by atoms with Gasteiger partial charge in [0.2, 0.25) is 5.91 Å². The second kappa shape index (κ2) is 5.45. The largest absolute Gasteiger partial charge is 0.325 e. The highest BCUT2D eigenvalue weighted by Crippen LogP contribution is 2.33. The normalized spacial score (nSPS) is 30.8. The number of amides is 1. The van der Waals surface area contributed by atoms with Crippen molar-refractivity contribution in [1.29, 1.82) is 0 Å². The summed E-state index contributed by atoms with van der Waals surface area (Å²) in [7, 11) is 0. The fourth-order valence-electron chi connectivity index (χ4n) is 4.40. The Bertz CT molecular complexity index is 540. The first-order chi connectivity index (χ1) is 10.3. The molecule has 3 atom stereocenters. The van der Waals surface area contributed by atoms with Crippen molar-refractivity contribution in [2.75, 3.05) is 5.32 Å². The van der Waals surface area contributed by atoms with Crippen LogP contribution in [0.3, 0.4) is 0 Å². The van der Waals surface area contributed by atoms with E-state index in [4.69, 9.17) is 0 Å². The van der Waals surface area contributed by atoms with Crippen molar-refractivity contribution < 1.29 is 4.79 Å². The molecule has 0 bridgehead atoms. The van der Waals surface area contributed by atoms with Gasteiger partial charge < -0.3 is 10.6 Å². The molecule has 2 fully saturated rings. The fraction of sp³-hybridized carbons (Fsp3) is 0.611. The summed E-state index contributed by atoms with van der Waals surface area (Å²) in [6, 6.07) is 6.99. The van der Waals surface area contributed by atoms with E-state index < -0.39 is 0 Å². The van der Waals surface area contributed by atoms with Gasteiger partial charge in [-0.25, -0.2) is 0 Å². The van der Waals surface area contributed by atoms with Gasteiger partial charge in [0.15, 0.2) is 0 Å². The molecule has 3 unspecified atom stereocenters. The van der Waals surface area contributed by atoms with Crippen LogP contribution in [0.15, 0.2) is 18.2 Å². The molecule has 3 aliphatic rings. The van der Waals surface area contributed by atoms with Gasteiger partial charge in [0.05, 0.1) is 6.04 Å². The lowest BCUT2D eigenvalue weighted by molar-refractivity contribution is -0.117. The Balaban J connectivity index is 1.42. The summed E-state index contributed by atoms with van der Waals surface area (Å²) in [6.07, 6.45) is 9.80. The average Bonchev–Trinajstić information content (AvgIpc) is 3.13. The molecule has 0 spiro atoms. The molecule has 1 aliphatic heterocycles. The van der Waals surface area contributed by atoms with Crippen LogP contribution in [0.1, 0.15) is 49.7 Å². The van der Waals surface area contributed by atoms with E-state index in [1.807, 2.05) is 0 Å². The van der Waals surface area contributed by atoms with Gasteiger partial charge >= 0.3 is 0 Å². The van der Waals surface area contributed by atoms with Crippen molar-refractivity contribution in [3.8, 4) is 0 Å². The van der Waals surface area contributed by atoms with Crippen molar-refractivity contribution in [1.82, 2.24) is 5.32 Å². The number of hydrogen-bond acceptors (Lipinski definition) is 2. The molecule has 2 aliphatic carbocycles. The summed E-state index contributed by atoms with van der Waals surface area (Å²) in [5, 5.41) is 6.68. The molecule has 21 heavy (non-hydrogen) atoms. The predicted octanol–water partition coefficient (Wildman–Crippen LogP) is 3.03. The summed E-state index contributed by atoms with van der Waals surface area (Å²) in [6.45, 7) is 0. The van der Waals surface area contributed by atoms with E-state index in [1.54, 1.807) is 0 Å². The average molecular weight is 284 g/mol. The van der Waals surface area contributed by atoms with E-state index >= 15 is 0 Å². The lowest BCUT2D eigenvalue weighted by Gasteiger charge is -2.24. The van der Waals surface area contributed by atoms with Crippen LogP contribution < -0.4 is 10.6 Å². The van der Waals surface area contributed by atoms with Crippen molar-refractivity contribution in [3.63, 3.8) is 0 Å². The molecule has 0 aromatic heterocycles. The van der Waals surface area contributed by atoms with E-state index in [0.717, 1.165) is 24.4 Å². The maximum atomic E-state index is 12.5. The topological polar surface area (TPSA) is 41.1 Å². The quantitative estimate of drug-likeness (QED) is 0.876. The minimum Gasteiger partial charge on any atom is -0.325 e. The molecule has 2 N–H and O–H groups in total. The number of fused-ring (bicyclic) bond motifs is 2. The van der Waals surface area contributed by atoms with E-state index in [2.05, 4.69) is 28.8 Å². The molecule has 1 aromatic carbocycles. The molecule has 3 heteroatoms. The van der Waals surface area contributed by atoms with Gasteiger partial charge in [0.1, 0.15) is 0 Å². The molecular weight excluding hydrogens is 260 g/mol. The van der Waals surface area contributed by atoms with Crippen molar-refractivity contribution in [2.45, 2.75) is 63.5 Å². The number of benzene rings is 1. The molecule has 1 aromatic rings. The van der Waals surface area contributed by atoms with Crippen LogP contribution in [0.5, 0.6) is 0 Å². The predicted molar refractivity (Wildman–Crippen MR) is 84.4 cm³/mol. The summed E-state index contributed by atoms with van der Waals surface area (Å²) >= 11 is 0. The lowest BCUT2D eigenvalue weighted by Crippen LogP contribution is -2.39. The van der Waals surface area contributed by atoms with Crippen LogP contribution in [0.2, 0.25) is 0 Å². The van der Waals surface area contributed by atoms with Crippen LogP contribution in [-0.2, 0) is 17.6 Å². The highest BCUT2D eigenvalue weighted by Gasteiger charge is 2.38. The minimum absolute atomic E-state index is 0.00588. The highest BCUT2D eigenvalue weighted by atomic mass is 16.2. The third-order valence-corrected chi connectivity index (χ3v) is 5.55. The van der Waals surface area contributed by atoms with E-state index in [-0.39, 0.29) is 11.9 Å². The Morgan fingerprint density at radius 2 is 1.95 bits per heavy atom. The van der Waals surface area contributed by atoms with Gasteiger partial charge in [-0.05, 0) is 67.7 Å². The van der Waals surface area contributed by atoms with Crippen molar-refractivity contribution in [3.05, 3.63) is 29.3 Å². The zero-order chi connectivity index (χ0) is 14.2. The zero-order valence-electron chi connectivity index (χ0n) is 12.5.